The van der Waals surface area contributed by atoms with E-state index in [-0.39, 0.29) is 17.4 Å². The van der Waals surface area contributed by atoms with E-state index in [0.29, 0.717) is 54.4 Å². The molecule has 3 aromatic carbocycles. The van der Waals surface area contributed by atoms with Gasteiger partial charge in [-0.3, -0.25) is 4.79 Å². The molecule has 11 heteroatoms. The van der Waals surface area contributed by atoms with Gasteiger partial charge in [0.05, 0.1) is 37.8 Å². The van der Waals surface area contributed by atoms with E-state index in [1.165, 1.54) is 23.5 Å². The van der Waals surface area contributed by atoms with Gasteiger partial charge < -0.3 is 23.8 Å². The molecule has 0 saturated carbocycles. The topological polar surface area (TPSA) is 112 Å². The molecule has 1 amide bonds. The Kier molecular flexibility index (Phi) is 9.22. The minimum atomic E-state index is -3.61. The molecule has 1 atom stereocenters. The Labute approximate surface area is 252 Å². The summed E-state index contributed by atoms with van der Waals surface area (Å²) >= 11 is 0. The minimum Gasteiger partial charge on any atom is -0.493 e. The summed E-state index contributed by atoms with van der Waals surface area (Å²) in [7, 11) is 0.852. The summed E-state index contributed by atoms with van der Waals surface area (Å²) in [5, 5.41) is 0. The molecule has 0 aromatic heterocycles. The van der Waals surface area contributed by atoms with Crippen molar-refractivity contribution in [2.45, 2.75) is 36.6 Å². The van der Waals surface area contributed by atoms with Crippen LogP contribution in [0.1, 0.15) is 57.1 Å². The fourth-order valence-corrected chi connectivity index (χ4v) is 7.14. The van der Waals surface area contributed by atoms with Gasteiger partial charge in [-0.2, -0.15) is 4.31 Å². The van der Waals surface area contributed by atoms with Crippen LogP contribution in [0.3, 0.4) is 0 Å². The number of carbonyl (C=O) groups is 2. The van der Waals surface area contributed by atoms with Gasteiger partial charge in [0.15, 0.2) is 11.5 Å². The SMILES string of the molecule is COC(=O)c1ccc(OC[C@H]2c3cc(OC)c(OC)cc3CCN2C(=O)c2ccc(S(=O)(=O)N3CCCCC3)cc2)cc1. The lowest BCUT2D eigenvalue weighted by Gasteiger charge is -2.37. The fourth-order valence-electron chi connectivity index (χ4n) is 5.62. The van der Waals surface area contributed by atoms with Crippen LogP contribution >= 0.6 is 0 Å². The summed E-state index contributed by atoms with van der Waals surface area (Å²) in [4.78, 5) is 27.7. The summed E-state index contributed by atoms with van der Waals surface area (Å²) in [6, 6.07) is 16.1. The van der Waals surface area contributed by atoms with Crippen molar-refractivity contribution < 1.29 is 37.0 Å². The van der Waals surface area contributed by atoms with E-state index >= 15 is 0 Å². The zero-order valence-corrected chi connectivity index (χ0v) is 25.4. The molecule has 1 fully saturated rings. The summed E-state index contributed by atoms with van der Waals surface area (Å²) < 4.78 is 49.8. The van der Waals surface area contributed by atoms with Crippen LogP contribution < -0.4 is 14.2 Å². The highest BCUT2D eigenvalue weighted by Crippen LogP contribution is 2.39. The molecule has 0 spiro atoms. The molecular formula is C32H36N2O8S. The van der Waals surface area contributed by atoms with Gasteiger partial charge in [0.25, 0.3) is 5.91 Å². The number of esters is 1. The number of methoxy groups -OCH3 is 3. The Balaban J connectivity index is 1.42. The molecule has 0 radical (unpaired) electrons. The highest BCUT2D eigenvalue weighted by atomic mass is 32.2. The van der Waals surface area contributed by atoms with E-state index in [2.05, 4.69) is 0 Å². The standard InChI is InChI=1S/C32H36N2O8S/c1-39-29-19-24-15-18-34(31(35)22-9-13-26(14-10-22)43(37,38)33-16-5-4-6-17-33)28(27(24)20-30(29)40-2)21-42-25-11-7-23(8-12-25)32(36)41-3/h7-14,19-20,28H,4-6,15-18,21H2,1-3H3/t28-/m0/s1. The summed E-state index contributed by atoms with van der Waals surface area (Å²) in [6.45, 7) is 1.58. The van der Waals surface area contributed by atoms with Crippen LogP contribution in [0.5, 0.6) is 17.2 Å². The molecule has 43 heavy (non-hydrogen) atoms. The van der Waals surface area contributed by atoms with Gasteiger partial charge in [-0.25, -0.2) is 13.2 Å². The van der Waals surface area contributed by atoms with Crippen LogP contribution in [0.2, 0.25) is 0 Å². The molecule has 0 bridgehead atoms. The van der Waals surface area contributed by atoms with Gasteiger partial charge in [0.2, 0.25) is 10.0 Å². The highest BCUT2D eigenvalue weighted by Gasteiger charge is 2.34. The van der Waals surface area contributed by atoms with Crippen molar-refractivity contribution in [3.63, 3.8) is 0 Å². The first kappa shape index (κ1) is 30.4. The monoisotopic (exact) mass is 608 g/mol. The van der Waals surface area contributed by atoms with Gasteiger partial charge in [-0.1, -0.05) is 6.42 Å². The molecule has 1 saturated heterocycles. The molecule has 10 nitrogen and oxygen atoms in total. The Morgan fingerprint density at radius 2 is 1.44 bits per heavy atom. The quantitative estimate of drug-likeness (QED) is 0.327. The molecule has 2 aliphatic rings. The first-order chi connectivity index (χ1) is 20.8. The first-order valence-electron chi connectivity index (χ1n) is 14.2. The van der Waals surface area contributed by atoms with Gasteiger partial charge in [-0.05, 0) is 91.1 Å². The third kappa shape index (κ3) is 6.33. The zero-order chi connectivity index (χ0) is 30.6. The Hall–Kier alpha value is -4.09. The maximum atomic E-state index is 13.9. The van der Waals surface area contributed by atoms with E-state index in [4.69, 9.17) is 18.9 Å². The predicted molar refractivity (Wildman–Crippen MR) is 159 cm³/mol. The molecular weight excluding hydrogens is 572 g/mol. The number of hydrogen-bond acceptors (Lipinski definition) is 8. The van der Waals surface area contributed by atoms with Crippen molar-refractivity contribution in [3.05, 3.63) is 82.9 Å². The van der Waals surface area contributed by atoms with Crippen molar-refractivity contribution in [2.75, 3.05) is 47.6 Å². The van der Waals surface area contributed by atoms with Crippen LogP contribution in [-0.4, -0.2) is 77.1 Å². The van der Waals surface area contributed by atoms with Gasteiger partial charge in [0.1, 0.15) is 12.4 Å². The first-order valence-corrected chi connectivity index (χ1v) is 15.7. The maximum absolute atomic E-state index is 13.9. The second-order valence-corrected chi connectivity index (χ2v) is 12.4. The van der Waals surface area contributed by atoms with Crippen molar-refractivity contribution in [3.8, 4) is 17.2 Å². The van der Waals surface area contributed by atoms with Crippen molar-refractivity contribution in [2.24, 2.45) is 0 Å². The van der Waals surface area contributed by atoms with E-state index in [1.807, 2.05) is 12.1 Å². The second kappa shape index (κ2) is 13.0. The molecule has 228 valence electrons. The Morgan fingerprint density at radius 3 is 2.07 bits per heavy atom. The molecule has 5 rings (SSSR count). The van der Waals surface area contributed by atoms with Crippen LogP contribution in [-0.2, 0) is 21.2 Å². The Bertz CT molecular complexity index is 1570. The van der Waals surface area contributed by atoms with Crippen LogP contribution in [0.25, 0.3) is 0 Å². The predicted octanol–water partition coefficient (Wildman–Crippen LogP) is 4.48. The van der Waals surface area contributed by atoms with Gasteiger partial charge in [0, 0.05) is 25.2 Å². The average Bonchev–Trinajstić information content (AvgIpc) is 3.06. The third-order valence-corrected chi connectivity index (χ3v) is 9.91. The minimum absolute atomic E-state index is 0.132. The number of fused-ring (bicyclic) bond motifs is 1. The molecule has 3 aromatic rings. The van der Waals surface area contributed by atoms with E-state index in [1.54, 1.807) is 55.5 Å². The highest BCUT2D eigenvalue weighted by molar-refractivity contribution is 7.89. The number of benzene rings is 3. The number of rotatable bonds is 9. The summed E-state index contributed by atoms with van der Waals surface area (Å²) in [5.74, 6) is 0.983. The lowest BCUT2D eigenvalue weighted by molar-refractivity contribution is 0.0582. The maximum Gasteiger partial charge on any atom is 0.337 e. The van der Waals surface area contributed by atoms with E-state index in [0.717, 1.165) is 30.4 Å². The van der Waals surface area contributed by atoms with Crippen LogP contribution in [0.4, 0.5) is 0 Å². The Morgan fingerprint density at radius 1 is 0.814 bits per heavy atom. The average molecular weight is 609 g/mol. The number of sulfonamides is 1. The van der Waals surface area contributed by atoms with Gasteiger partial charge >= 0.3 is 5.97 Å². The normalized spacial score (nSPS) is 17.1. The van der Waals surface area contributed by atoms with Crippen LogP contribution in [0, 0.1) is 0 Å². The van der Waals surface area contributed by atoms with E-state index < -0.39 is 22.0 Å². The fraction of sp³-hybridized carbons (Fsp3) is 0.375. The smallest absolute Gasteiger partial charge is 0.337 e. The lowest BCUT2D eigenvalue weighted by atomic mass is 9.91. The summed E-state index contributed by atoms with van der Waals surface area (Å²) in [6.07, 6.45) is 3.32. The lowest BCUT2D eigenvalue weighted by Crippen LogP contribution is -2.42. The van der Waals surface area contributed by atoms with Gasteiger partial charge in [-0.15, -0.1) is 0 Å². The van der Waals surface area contributed by atoms with Crippen molar-refractivity contribution in [1.29, 1.82) is 0 Å². The molecule has 0 aliphatic carbocycles. The summed E-state index contributed by atoms with van der Waals surface area (Å²) in [5.41, 5.74) is 2.67. The van der Waals surface area contributed by atoms with E-state index in [9.17, 15) is 18.0 Å². The number of carbonyl (C=O) groups excluding carboxylic acids is 2. The van der Waals surface area contributed by atoms with Crippen molar-refractivity contribution >= 4 is 21.9 Å². The zero-order valence-electron chi connectivity index (χ0n) is 24.6. The largest absolute Gasteiger partial charge is 0.493 e. The molecule has 2 heterocycles. The number of piperidine rings is 1. The number of nitrogens with zero attached hydrogens (tertiary/aromatic N) is 2. The third-order valence-electron chi connectivity index (χ3n) is 8.00. The molecule has 0 unspecified atom stereocenters. The number of amides is 1. The number of ether oxygens (including phenoxy) is 4. The molecule has 0 N–H and O–H groups in total. The van der Waals surface area contributed by atoms with Crippen LogP contribution in [0.15, 0.2) is 65.6 Å². The second-order valence-electron chi connectivity index (χ2n) is 10.5. The van der Waals surface area contributed by atoms with Crippen molar-refractivity contribution in [1.82, 2.24) is 9.21 Å². The molecule has 2 aliphatic heterocycles. The number of hydrogen-bond donors (Lipinski definition) is 0.